The Bertz CT molecular complexity index is 1050. The van der Waals surface area contributed by atoms with E-state index in [9.17, 15) is 14.0 Å². The minimum absolute atomic E-state index is 0.0816. The summed E-state index contributed by atoms with van der Waals surface area (Å²) in [4.78, 5) is 31.6. The number of hydrogen-bond acceptors (Lipinski definition) is 4. The van der Waals surface area contributed by atoms with E-state index in [1.165, 1.54) is 23.9 Å². The zero-order valence-electron chi connectivity index (χ0n) is 15.9. The minimum Gasteiger partial charge on any atom is -0.338 e. The summed E-state index contributed by atoms with van der Waals surface area (Å²) >= 11 is 1.25. The molecule has 0 saturated carbocycles. The SMILES string of the molecule is CCN(Cc1cccc(F)c1)C(=O)CSc1nc2ccccc2c(=O)n1CC. The fourth-order valence-electron chi connectivity index (χ4n) is 2.99. The molecular formula is C21H22FN3O2S. The van der Waals surface area contributed by atoms with Crippen LogP contribution in [-0.2, 0) is 17.9 Å². The van der Waals surface area contributed by atoms with Crippen molar-refractivity contribution in [1.82, 2.24) is 14.5 Å². The standard InChI is InChI=1S/C21H22FN3O2S/c1-3-24(13-15-8-7-9-16(22)12-15)19(26)14-28-21-23-18-11-6-5-10-17(18)20(27)25(21)4-2/h5-12H,3-4,13-14H2,1-2H3. The molecule has 0 radical (unpaired) electrons. The first-order chi connectivity index (χ1) is 13.5. The molecule has 0 atom stereocenters. The zero-order valence-corrected chi connectivity index (χ0v) is 16.7. The zero-order chi connectivity index (χ0) is 20.1. The second-order valence-electron chi connectivity index (χ2n) is 6.29. The number of aromatic nitrogens is 2. The Morgan fingerprint density at radius 1 is 1.18 bits per heavy atom. The Kier molecular flexibility index (Phi) is 6.46. The van der Waals surface area contributed by atoms with Crippen molar-refractivity contribution in [2.45, 2.75) is 32.1 Å². The Balaban J connectivity index is 1.77. The molecule has 28 heavy (non-hydrogen) atoms. The van der Waals surface area contributed by atoms with E-state index in [-0.39, 0.29) is 23.0 Å². The number of nitrogens with zero attached hydrogens (tertiary/aromatic N) is 3. The van der Waals surface area contributed by atoms with E-state index < -0.39 is 0 Å². The van der Waals surface area contributed by atoms with Gasteiger partial charge in [-0.2, -0.15) is 0 Å². The second-order valence-corrected chi connectivity index (χ2v) is 7.23. The van der Waals surface area contributed by atoms with E-state index in [0.717, 1.165) is 5.56 Å². The van der Waals surface area contributed by atoms with Crippen LogP contribution in [0, 0.1) is 5.82 Å². The Hall–Kier alpha value is -2.67. The molecule has 2 aromatic carbocycles. The molecule has 1 heterocycles. The van der Waals surface area contributed by atoms with Crippen LogP contribution in [0.5, 0.6) is 0 Å². The molecule has 0 aliphatic heterocycles. The molecule has 1 amide bonds. The van der Waals surface area contributed by atoms with E-state index in [4.69, 9.17) is 0 Å². The molecule has 146 valence electrons. The molecule has 0 fully saturated rings. The number of halogens is 1. The first kappa shape index (κ1) is 20.1. The molecular weight excluding hydrogens is 377 g/mol. The summed E-state index contributed by atoms with van der Waals surface area (Å²) in [7, 11) is 0. The van der Waals surface area contributed by atoms with E-state index >= 15 is 0 Å². The maximum atomic E-state index is 13.4. The molecule has 3 rings (SSSR count). The van der Waals surface area contributed by atoms with Gasteiger partial charge in [-0.3, -0.25) is 14.2 Å². The van der Waals surface area contributed by atoms with Crippen LogP contribution in [0.3, 0.4) is 0 Å². The highest BCUT2D eigenvalue weighted by Gasteiger charge is 2.16. The van der Waals surface area contributed by atoms with Gasteiger partial charge < -0.3 is 4.90 Å². The summed E-state index contributed by atoms with van der Waals surface area (Å²) in [6.07, 6.45) is 0. The van der Waals surface area contributed by atoms with Crippen molar-refractivity contribution in [1.29, 1.82) is 0 Å². The average Bonchev–Trinajstić information content (AvgIpc) is 2.70. The van der Waals surface area contributed by atoms with Crippen LogP contribution >= 0.6 is 11.8 Å². The molecule has 7 heteroatoms. The molecule has 0 spiro atoms. The number of carbonyl (C=O) groups is 1. The summed E-state index contributed by atoms with van der Waals surface area (Å²) in [6, 6.07) is 13.5. The third kappa shape index (κ3) is 4.42. The highest BCUT2D eigenvalue weighted by molar-refractivity contribution is 7.99. The number of rotatable bonds is 7. The van der Waals surface area contributed by atoms with Gasteiger partial charge >= 0.3 is 0 Å². The first-order valence-corrected chi connectivity index (χ1v) is 10.2. The van der Waals surface area contributed by atoms with Crippen molar-refractivity contribution >= 4 is 28.6 Å². The van der Waals surface area contributed by atoms with Crippen LogP contribution in [0.4, 0.5) is 4.39 Å². The van der Waals surface area contributed by atoms with Gasteiger partial charge in [-0.05, 0) is 43.7 Å². The van der Waals surface area contributed by atoms with Gasteiger partial charge in [0, 0.05) is 19.6 Å². The van der Waals surface area contributed by atoms with E-state index in [1.54, 1.807) is 33.7 Å². The number of hydrogen-bond donors (Lipinski definition) is 0. The third-order valence-electron chi connectivity index (χ3n) is 4.46. The lowest BCUT2D eigenvalue weighted by atomic mass is 10.2. The van der Waals surface area contributed by atoms with Gasteiger partial charge in [0.15, 0.2) is 5.16 Å². The second kappa shape index (κ2) is 9.01. The Morgan fingerprint density at radius 3 is 2.68 bits per heavy atom. The van der Waals surface area contributed by atoms with E-state index in [0.29, 0.717) is 35.7 Å². The normalized spacial score (nSPS) is 11.0. The van der Waals surface area contributed by atoms with E-state index in [2.05, 4.69) is 4.98 Å². The fourth-order valence-corrected chi connectivity index (χ4v) is 3.95. The summed E-state index contributed by atoms with van der Waals surface area (Å²) in [5, 5.41) is 1.10. The molecule has 1 aromatic heterocycles. The lowest BCUT2D eigenvalue weighted by Crippen LogP contribution is -2.32. The number of para-hydroxylation sites is 1. The Labute approximate surface area is 167 Å². The molecule has 0 saturated heterocycles. The third-order valence-corrected chi connectivity index (χ3v) is 5.43. The molecule has 5 nitrogen and oxygen atoms in total. The lowest BCUT2D eigenvalue weighted by Gasteiger charge is -2.21. The summed E-state index contributed by atoms with van der Waals surface area (Å²) in [6.45, 7) is 5.11. The van der Waals surface area contributed by atoms with Crippen molar-refractivity contribution in [2.24, 2.45) is 0 Å². The van der Waals surface area contributed by atoms with Gasteiger partial charge in [0.05, 0.1) is 16.7 Å². The summed E-state index contributed by atoms with van der Waals surface area (Å²) < 4.78 is 15.0. The lowest BCUT2D eigenvalue weighted by molar-refractivity contribution is -0.128. The fraction of sp³-hybridized carbons (Fsp3) is 0.286. The number of benzene rings is 2. The number of amides is 1. The minimum atomic E-state index is -0.317. The number of fused-ring (bicyclic) bond motifs is 1. The van der Waals surface area contributed by atoms with Gasteiger partial charge in [0.1, 0.15) is 5.82 Å². The predicted molar refractivity (Wildman–Crippen MR) is 110 cm³/mol. The number of thioether (sulfide) groups is 1. The molecule has 0 N–H and O–H groups in total. The van der Waals surface area contributed by atoms with Crippen LogP contribution in [0.25, 0.3) is 10.9 Å². The topological polar surface area (TPSA) is 55.2 Å². The quantitative estimate of drug-likeness (QED) is 0.449. The van der Waals surface area contributed by atoms with Gasteiger partial charge in [-0.25, -0.2) is 9.37 Å². The molecule has 0 unspecified atom stereocenters. The highest BCUT2D eigenvalue weighted by Crippen LogP contribution is 2.19. The highest BCUT2D eigenvalue weighted by atomic mass is 32.2. The van der Waals surface area contributed by atoms with Crippen molar-refractivity contribution in [3.8, 4) is 0 Å². The van der Waals surface area contributed by atoms with Crippen molar-refractivity contribution in [3.63, 3.8) is 0 Å². The average molecular weight is 399 g/mol. The van der Waals surface area contributed by atoms with Crippen LogP contribution < -0.4 is 5.56 Å². The van der Waals surface area contributed by atoms with Crippen LogP contribution in [-0.4, -0.2) is 32.7 Å². The van der Waals surface area contributed by atoms with Crippen molar-refractivity contribution in [2.75, 3.05) is 12.3 Å². The number of carbonyl (C=O) groups excluding carboxylic acids is 1. The van der Waals surface area contributed by atoms with Gasteiger partial charge in [0.2, 0.25) is 5.91 Å². The smallest absolute Gasteiger partial charge is 0.262 e. The van der Waals surface area contributed by atoms with Gasteiger partial charge in [-0.1, -0.05) is 36.0 Å². The van der Waals surface area contributed by atoms with Gasteiger partial charge in [0.25, 0.3) is 5.56 Å². The summed E-state index contributed by atoms with van der Waals surface area (Å²) in [5.41, 5.74) is 1.27. The van der Waals surface area contributed by atoms with Crippen molar-refractivity contribution < 1.29 is 9.18 Å². The molecule has 3 aromatic rings. The van der Waals surface area contributed by atoms with E-state index in [1.807, 2.05) is 26.0 Å². The van der Waals surface area contributed by atoms with Crippen LogP contribution in [0.1, 0.15) is 19.4 Å². The van der Waals surface area contributed by atoms with Crippen LogP contribution in [0.15, 0.2) is 58.5 Å². The largest absolute Gasteiger partial charge is 0.338 e. The maximum Gasteiger partial charge on any atom is 0.262 e. The predicted octanol–water partition coefficient (Wildman–Crippen LogP) is 3.70. The molecule has 0 aliphatic rings. The molecule has 0 aliphatic carbocycles. The van der Waals surface area contributed by atoms with Gasteiger partial charge in [-0.15, -0.1) is 0 Å². The van der Waals surface area contributed by atoms with Crippen molar-refractivity contribution in [3.05, 3.63) is 70.3 Å². The maximum absolute atomic E-state index is 13.4. The Morgan fingerprint density at radius 2 is 1.96 bits per heavy atom. The first-order valence-electron chi connectivity index (χ1n) is 9.18. The van der Waals surface area contributed by atoms with Crippen LogP contribution in [0.2, 0.25) is 0 Å². The summed E-state index contributed by atoms with van der Waals surface area (Å²) in [5.74, 6) is -0.238. The molecule has 0 bridgehead atoms. The monoisotopic (exact) mass is 399 g/mol.